The Kier molecular flexibility index (Phi) is 5.78. The topological polar surface area (TPSA) is 44.8 Å². The van der Waals surface area contributed by atoms with Gasteiger partial charge in [0.25, 0.3) is 0 Å². The third-order valence-corrected chi connectivity index (χ3v) is 4.80. The van der Waals surface area contributed by atoms with Gasteiger partial charge in [0, 0.05) is 43.1 Å². The summed E-state index contributed by atoms with van der Waals surface area (Å²) >= 11 is 0. The molecule has 1 heterocycles. The highest BCUT2D eigenvalue weighted by Crippen LogP contribution is 2.21. The Bertz CT molecular complexity index is 745. The van der Waals surface area contributed by atoms with Gasteiger partial charge in [0.05, 0.1) is 13.7 Å². The molecule has 0 aromatic heterocycles. The molecule has 2 aromatic rings. The van der Waals surface area contributed by atoms with Crippen molar-refractivity contribution >= 4 is 17.3 Å². The molecule has 1 atom stereocenters. The van der Waals surface area contributed by atoms with Crippen molar-refractivity contribution < 1.29 is 9.53 Å². The van der Waals surface area contributed by atoms with Crippen molar-refractivity contribution in [1.29, 1.82) is 0 Å². The molecular weight excluding hydrogens is 326 g/mol. The third-order valence-electron chi connectivity index (χ3n) is 4.80. The first kappa shape index (κ1) is 18.3. The van der Waals surface area contributed by atoms with E-state index in [-0.39, 0.29) is 5.91 Å². The summed E-state index contributed by atoms with van der Waals surface area (Å²) < 4.78 is 5.19. The molecule has 0 saturated carbocycles. The van der Waals surface area contributed by atoms with E-state index in [4.69, 9.17) is 4.74 Å². The summed E-state index contributed by atoms with van der Waals surface area (Å²) in [4.78, 5) is 17.0. The Balaban J connectivity index is 1.53. The zero-order valence-electron chi connectivity index (χ0n) is 15.7. The van der Waals surface area contributed by atoms with E-state index in [1.165, 1.54) is 11.3 Å². The number of benzene rings is 2. The van der Waals surface area contributed by atoms with Crippen LogP contribution in [-0.4, -0.2) is 50.1 Å². The molecule has 0 radical (unpaired) electrons. The van der Waals surface area contributed by atoms with Crippen molar-refractivity contribution in [1.82, 2.24) is 4.90 Å². The zero-order valence-corrected chi connectivity index (χ0v) is 15.7. The summed E-state index contributed by atoms with van der Waals surface area (Å²) in [7, 11) is 1.62. The summed E-state index contributed by atoms with van der Waals surface area (Å²) in [5.74, 6) is 0.748. The number of methoxy groups -OCH3 is 1. The van der Waals surface area contributed by atoms with E-state index in [1.54, 1.807) is 7.11 Å². The summed E-state index contributed by atoms with van der Waals surface area (Å²) in [6, 6.07) is 16.5. The van der Waals surface area contributed by atoms with Crippen LogP contribution in [0.5, 0.6) is 5.75 Å². The van der Waals surface area contributed by atoms with Gasteiger partial charge in [0.1, 0.15) is 5.75 Å². The second-order valence-electron chi connectivity index (χ2n) is 6.89. The molecule has 1 saturated heterocycles. The van der Waals surface area contributed by atoms with Gasteiger partial charge < -0.3 is 15.0 Å². The number of carbonyl (C=O) groups excluding carboxylic acids is 1. The quantitative estimate of drug-likeness (QED) is 0.897. The van der Waals surface area contributed by atoms with Crippen LogP contribution in [0.3, 0.4) is 0 Å². The lowest BCUT2D eigenvalue weighted by molar-refractivity contribution is -0.117. The average molecular weight is 353 g/mol. The maximum absolute atomic E-state index is 12.4. The molecule has 5 nitrogen and oxygen atoms in total. The highest BCUT2D eigenvalue weighted by Gasteiger charge is 2.25. The Morgan fingerprint density at radius 2 is 1.96 bits per heavy atom. The number of nitrogens with one attached hydrogen (secondary N) is 1. The van der Waals surface area contributed by atoms with Crippen LogP contribution in [0.25, 0.3) is 0 Å². The van der Waals surface area contributed by atoms with Crippen LogP contribution >= 0.6 is 0 Å². The van der Waals surface area contributed by atoms with Gasteiger partial charge in [0.15, 0.2) is 0 Å². The molecule has 1 fully saturated rings. The summed E-state index contributed by atoms with van der Waals surface area (Å²) in [5, 5.41) is 2.95. The number of carbonyl (C=O) groups is 1. The minimum Gasteiger partial charge on any atom is -0.497 e. The number of rotatable bonds is 5. The molecule has 2 aromatic carbocycles. The highest BCUT2D eigenvalue weighted by atomic mass is 16.5. The molecule has 0 spiro atoms. The van der Waals surface area contributed by atoms with Gasteiger partial charge >= 0.3 is 0 Å². The first-order chi connectivity index (χ1) is 12.5. The molecule has 1 N–H and O–H groups in total. The van der Waals surface area contributed by atoms with Gasteiger partial charge in [-0.05, 0) is 38.1 Å². The molecule has 1 aliphatic rings. The number of aryl methyl sites for hydroxylation is 1. The lowest BCUT2D eigenvalue weighted by atomic mass is 10.1. The second kappa shape index (κ2) is 8.23. The van der Waals surface area contributed by atoms with Gasteiger partial charge in [-0.25, -0.2) is 0 Å². The molecule has 0 bridgehead atoms. The average Bonchev–Trinajstić information content (AvgIpc) is 2.63. The van der Waals surface area contributed by atoms with E-state index < -0.39 is 0 Å². The minimum absolute atomic E-state index is 0.00855. The van der Waals surface area contributed by atoms with Crippen molar-refractivity contribution in [3.8, 4) is 5.75 Å². The SMILES string of the molecule is COc1cccc(NC(=O)CN2CCN(c3ccc(C)cc3)C(C)C2)c1. The summed E-state index contributed by atoms with van der Waals surface area (Å²) in [6.45, 7) is 7.40. The number of piperazine rings is 1. The van der Waals surface area contributed by atoms with Crippen LogP contribution in [-0.2, 0) is 4.79 Å². The van der Waals surface area contributed by atoms with Crippen molar-refractivity contribution in [2.45, 2.75) is 19.9 Å². The molecular formula is C21H27N3O2. The van der Waals surface area contributed by atoms with Gasteiger partial charge in [-0.1, -0.05) is 23.8 Å². The van der Waals surface area contributed by atoms with E-state index in [9.17, 15) is 4.79 Å². The molecule has 0 aliphatic carbocycles. The van der Waals surface area contributed by atoms with Gasteiger partial charge in [-0.15, -0.1) is 0 Å². The Hall–Kier alpha value is -2.53. The lowest BCUT2D eigenvalue weighted by Crippen LogP contribution is -2.53. The lowest BCUT2D eigenvalue weighted by Gasteiger charge is -2.41. The van der Waals surface area contributed by atoms with Crippen molar-refractivity contribution in [3.63, 3.8) is 0 Å². The van der Waals surface area contributed by atoms with E-state index in [0.29, 0.717) is 12.6 Å². The standard InChI is InChI=1S/C21H27N3O2/c1-16-7-9-19(10-8-16)24-12-11-23(14-17(24)2)15-21(25)22-18-5-4-6-20(13-18)26-3/h4-10,13,17H,11-12,14-15H2,1-3H3,(H,22,25). The number of nitrogens with zero attached hydrogens (tertiary/aromatic N) is 2. The van der Waals surface area contributed by atoms with Crippen molar-refractivity contribution in [3.05, 3.63) is 54.1 Å². The first-order valence-corrected chi connectivity index (χ1v) is 9.05. The van der Waals surface area contributed by atoms with E-state index >= 15 is 0 Å². The van der Waals surface area contributed by atoms with Crippen LogP contribution in [0.1, 0.15) is 12.5 Å². The van der Waals surface area contributed by atoms with E-state index in [2.05, 4.69) is 53.2 Å². The second-order valence-corrected chi connectivity index (χ2v) is 6.89. The molecule has 1 unspecified atom stereocenters. The Morgan fingerprint density at radius 1 is 1.19 bits per heavy atom. The monoisotopic (exact) mass is 353 g/mol. The predicted molar refractivity (Wildman–Crippen MR) is 106 cm³/mol. The number of hydrogen-bond acceptors (Lipinski definition) is 4. The molecule has 1 aliphatic heterocycles. The van der Waals surface area contributed by atoms with E-state index in [1.807, 2.05) is 24.3 Å². The number of ether oxygens (including phenoxy) is 1. The zero-order chi connectivity index (χ0) is 18.5. The smallest absolute Gasteiger partial charge is 0.238 e. The largest absolute Gasteiger partial charge is 0.497 e. The number of hydrogen-bond donors (Lipinski definition) is 1. The fourth-order valence-electron chi connectivity index (χ4n) is 3.40. The maximum atomic E-state index is 12.4. The summed E-state index contributed by atoms with van der Waals surface area (Å²) in [5.41, 5.74) is 3.29. The molecule has 3 rings (SSSR count). The fraction of sp³-hybridized carbons (Fsp3) is 0.381. The summed E-state index contributed by atoms with van der Waals surface area (Å²) in [6.07, 6.45) is 0. The predicted octanol–water partition coefficient (Wildman–Crippen LogP) is 3.15. The molecule has 5 heteroatoms. The van der Waals surface area contributed by atoms with Crippen LogP contribution in [0.2, 0.25) is 0 Å². The normalized spacial score (nSPS) is 17.8. The van der Waals surface area contributed by atoms with Crippen molar-refractivity contribution in [2.24, 2.45) is 0 Å². The molecule has 26 heavy (non-hydrogen) atoms. The van der Waals surface area contributed by atoms with E-state index in [0.717, 1.165) is 31.1 Å². The van der Waals surface area contributed by atoms with Crippen molar-refractivity contribution in [2.75, 3.05) is 43.5 Å². The van der Waals surface area contributed by atoms with Crippen LogP contribution < -0.4 is 15.0 Å². The Labute approximate surface area is 155 Å². The number of amides is 1. The molecule has 138 valence electrons. The maximum Gasteiger partial charge on any atom is 0.238 e. The first-order valence-electron chi connectivity index (χ1n) is 9.05. The Morgan fingerprint density at radius 3 is 2.65 bits per heavy atom. The van der Waals surface area contributed by atoms with Crippen LogP contribution in [0, 0.1) is 6.92 Å². The van der Waals surface area contributed by atoms with Gasteiger partial charge in [0.2, 0.25) is 5.91 Å². The molecule has 1 amide bonds. The number of anilines is 2. The van der Waals surface area contributed by atoms with Gasteiger partial charge in [-0.3, -0.25) is 9.69 Å². The van der Waals surface area contributed by atoms with Crippen LogP contribution in [0.4, 0.5) is 11.4 Å². The third kappa shape index (κ3) is 4.55. The highest BCUT2D eigenvalue weighted by molar-refractivity contribution is 5.92. The van der Waals surface area contributed by atoms with Gasteiger partial charge in [-0.2, -0.15) is 0 Å². The fourth-order valence-corrected chi connectivity index (χ4v) is 3.40. The van der Waals surface area contributed by atoms with Crippen LogP contribution in [0.15, 0.2) is 48.5 Å². The minimum atomic E-state index is 0.00855.